The third-order valence-electron chi connectivity index (χ3n) is 4.86. The zero-order chi connectivity index (χ0) is 20.9. The quantitative estimate of drug-likeness (QED) is 0.679. The first-order valence-electron chi connectivity index (χ1n) is 8.52. The minimum Gasteiger partial charge on any atom is -0.366 e. The van der Waals surface area contributed by atoms with Gasteiger partial charge in [0.05, 0.1) is 28.9 Å². The van der Waals surface area contributed by atoms with Gasteiger partial charge < -0.3 is 10.3 Å². The third kappa shape index (κ3) is 2.98. The molecule has 1 amide bonds. The Bertz CT molecular complexity index is 1210. The van der Waals surface area contributed by atoms with Gasteiger partial charge in [-0.15, -0.1) is 0 Å². The number of alkyl halides is 3. The fourth-order valence-electron chi connectivity index (χ4n) is 3.65. The highest BCUT2D eigenvalue weighted by Gasteiger charge is 2.35. The first kappa shape index (κ1) is 18.9. The lowest BCUT2D eigenvalue weighted by molar-refractivity contribution is -0.138. The van der Waals surface area contributed by atoms with Crippen LogP contribution in [0, 0.1) is 5.82 Å². The first-order chi connectivity index (χ1) is 13.7. The van der Waals surface area contributed by atoms with E-state index in [1.807, 2.05) is 0 Å². The van der Waals surface area contributed by atoms with Crippen molar-refractivity contribution in [3.63, 3.8) is 0 Å². The van der Waals surface area contributed by atoms with Gasteiger partial charge in [-0.2, -0.15) is 13.2 Å². The fraction of sp³-hybridized carbons (Fsp3) is 0.150. The molecule has 0 bridgehead atoms. The molecule has 0 spiro atoms. The number of ketones is 1. The van der Waals surface area contributed by atoms with Crippen molar-refractivity contribution in [2.24, 2.45) is 10.7 Å². The van der Waals surface area contributed by atoms with Gasteiger partial charge in [0.15, 0.2) is 5.78 Å². The fourth-order valence-corrected chi connectivity index (χ4v) is 3.65. The Balaban J connectivity index is 2.03. The molecule has 0 atom stereocenters. The van der Waals surface area contributed by atoms with Crippen LogP contribution in [0.1, 0.15) is 37.5 Å². The van der Waals surface area contributed by atoms with Crippen molar-refractivity contribution in [2.45, 2.75) is 12.7 Å². The Morgan fingerprint density at radius 1 is 1.17 bits per heavy atom. The van der Waals surface area contributed by atoms with E-state index in [1.54, 1.807) is 0 Å². The molecule has 148 valence electrons. The molecule has 0 aliphatic carbocycles. The molecule has 0 saturated carbocycles. The Kier molecular flexibility index (Phi) is 4.25. The number of hydrogen-bond donors (Lipinski definition) is 1. The maximum absolute atomic E-state index is 14.4. The van der Waals surface area contributed by atoms with Gasteiger partial charge in [-0.25, -0.2) is 4.39 Å². The van der Waals surface area contributed by atoms with Crippen molar-refractivity contribution in [2.75, 3.05) is 6.54 Å². The minimum absolute atomic E-state index is 0.0609. The number of fused-ring (bicyclic) bond motifs is 3. The van der Waals surface area contributed by atoms with Gasteiger partial charge in [0.1, 0.15) is 12.4 Å². The molecule has 1 aromatic heterocycles. The number of Topliss-reactive ketones (excluding diaryl/α,β-unsaturated/α-hetero) is 1. The Morgan fingerprint density at radius 2 is 1.90 bits per heavy atom. The summed E-state index contributed by atoms with van der Waals surface area (Å²) in [5.41, 5.74) is 4.45. The molecule has 0 unspecified atom stereocenters. The molecule has 2 N–H and O–H groups in total. The Hall–Kier alpha value is -3.49. The maximum Gasteiger partial charge on any atom is 0.416 e. The van der Waals surface area contributed by atoms with E-state index < -0.39 is 41.4 Å². The van der Waals surface area contributed by atoms with Crippen LogP contribution in [0.2, 0.25) is 0 Å². The molecule has 9 heteroatoms. The van der Waals surface area contributed by atoms with E-state index in [1.165, 1.54) is 29.0 Å². The van der Waals surface area contributed by atoms with E-state index in [2.05, 4.69) is 4.99 Å². The van der Waals surface area contributed by atoms with E-state index in [0.29, 0.717) is 5.52 Å². The number of halogens is 4. The summed E-state index contributed by atoms with van der Waals surface area (Å²) in [5.74, 6) is -2.21. The molecule has 4 rings (SSSR count). The first-order valence-corrected chi connectivity index (χ1v) is 8.52. The van der Waals surface area contributed by atoms with Crippen LogP contribution in [0.25, 0.3) is 10.9 Å². The minimum atomic E-state index is -4.76. The highest BCUT2D eigenvalue weighted by atomic mass is 19.4. The summed E-state index contributed by atoms with van der Waals surface area (Å²) in [6, 6.07) is 7.19. The number of amides is 1. The standard InChI is InChI=1S/C20H13F4N3O2/c21-13-5-2-4-12(20(22,23)24)11(13)9-27-14-6-1-3-10(19(25)29)17(14)18-15(27)7-26-8-16(18)28/h1-7H,8-9H2,(H2,25,29). The van der Waals surface area contributed by atoms with Gasteiger partial charge in [-0.3, -0.25) is 14.6 Å². The van der Waals surface area contributed by atoms with Crippen molar-refractivity contribution in [1.29, 1.82) is 0 Å². The lowest BCUT2D eigenvalue weighted by atomic mass is 10.0. The lowest BCUT2D eigenvalue weighted by Gasteiger charge is -2.16. The monoisotopic (exact) mass is 403 g/mol. The molecule has 1 aliphatic rings. The summed E-state index contributed by atoms with van der Waals surface area (Å²) >= 11 is 0. The van der Waals surface area contributed by atoms with E-state index in [4.69, 9.17) is 5.73 Å². The summed E-state index contributed by atoms with van der Waals surface area (Å²) in [7, 11) is 0. The van der Waals surface area contributed by atoms with Crippen LogP contribution in [-0.4, -0.2) is 29.0 Å². The predicted molar refractivity (Wildman–Crippen MR) is 97.8 cm³/mol. The number of carbonyl (C=O) groups excluding carboxylic acids is 2. The SMILES string of the molecule is NC(=O)c1cccc2c1c1c(n2Cc2c(F)cccc2C(F)(F)F)C=NCC1=O. The molecule has 0 fully saturated rings. The highest BCUT2D eigenvalue weighted by Crippen LogP contribution is 2.36. The van der Waals surface area contributed by atoms with Crippen molar-refractivity contribution >= 4 is 28.8 Å². The van der Waals surface area contributed by atoms with Crippen molar-refractivity contribution in [3.8, 4) is 0 Å². The van der Waals surface area contributed by atoms with Crippen LogP contribution in [0.3, 0.4) is 0 Å². The van der Waals surface area contributed by atoms with Crippen molar-refractivity contribution in [1.82, 2.24) is 4.57 Å². The average molecular weight is 403 g/mol. The van der Waals surface area contributed by atoms with E-state index in [9.17, 15) is 27.2 Å². The number of nitrogens with two attached hydrogens (primary N) is 1. The van der Waals surface area contributed by atoms with Crippen LogP contribution in [0.15, 0.2) is 41.4 Å². The zero-order valence-electron chi connectivity index (χ0n) is 14.8. The van der Waals surface area contributed by atoms with E-state index >= 15 is 0 Å². The van der Waals surface area contributed by atoms with E-state index in [0.717, 1.165) is 18.2 Å². The van der Waals surface area contributed by atoms with Crippen LogP contribution in [0.4, 0.5) is 17.6 Å². The van der Waals surface area contributed by atoms with Gasteiger partial charge in [-0.1, -0.05) is 12.1 Å². The molecular weight excluding hydrogens is 390 g/mol. The summed E-state index contributed by atoms with van der Waals surface area (Å²) in [6.07, 6.45) is -3.42. The molecule has 1 aliphatic heterocycles. The van der Waals surface area contributed by atoms with Crippen LogP contribution in [0.5, 0.6) is 0 Å². The summed E-state index contributed by atoms with van der Waals surface area (Å²) in [4.78, 5) is 28.3. The third-order valence-corrected chi connectivity index (χ3v) is 4.86. The molecule has 2 aromatic carbocycles. The molecule has 0 saturated heterocycles. The zero-order valence-corrected chi connectivity index (χ0v) is 14.8. The van der Waals surface area contributed by atoms with Crippen molar-refractivity contribution < 1.29 is 27.2 Å². The molecule has 0 radical (unpaired) electrons. The number of rotatable bonds is 3. The highest BCUT2D eigenvalue weighted by molar-refractivity contribution is 6.21. The van der Waals surface area contributed by atoms with Gasteiger partial charge in [0, 0.05) is 22.7 Å². The number of carbonyl (C=O) groups is 2. The average Bonchev–Trinajstić information content (AvgIpc) is 2.97. The van der Waals surface area contributed by atoms with Gasteiger partial charge in [0.2, 0.25) is 5.91 Å². The number of nitrogens with zero attached hydrogens (tertiary/aromatic N) is 2. The molecule has 3 aromatic rings. The van der Waals surface area contributed by atoms with Crippen LogP contribution >= 0.6 is 0 Å². The summed E-state index contributed by atoms with van der Waals surface area (Å²) in [5, 5.41) is 0.232. The largest absolute Gasteiger partial charge is 0.416 e. The number of aromatic nitrogens is 1. The summed E-state index contributed by atoms with van der Waals surface area (Å²) < 4.78 is 56.0. The number of benzene rings is 2. The van der Waals surface area contributed by atoms with Crippen LogP contribution < -0.4 is 5.73 Å². The molecule has 2 heterocycles. The molecule has 29 heavy (non-hydrogen) atoms. The predicted octanol–water partition coefficient (Wildman–Crippen LogP) is 3.56. The number of hydrogen-bond acceptors (Lipinski definition) is 3. The Labute approximate surface area is 161 Å². The molecule has 5 nitrogen and oxygen atoms in total. The number of aliphatic imine (C=N–C) groups is 1. The number of primary amides is 1. The summed E-state index contributed by atoms with van der Waals surface area (Å²) in [6.45, 7) is -0.665. The topological polar surface area (TPSA) is 77.5 Å². The Morgan fingerprint density at radius 3 is 2.59 bits per heavy atom. The van der Waals surface area contributed by atoms with Gasteiger partial charge >= 0.3 is 6.18 Å². The maximum atomic E-state index is 14.4. The second kappa shape index (κ2) is 6.54. The lowest BCUT2D eigenvalue weighted by Crippen LogP contribution is -2.17. The van der Waals surface area contributed by atoms with Gasteiger partial charge in [-0.05, 0) is 24.3 Å². The molecular formula is C20H13F4N3O2. The van der Waals surface area contributed by atoms with Crippen molar-refractivity contribution in [3.05, 3.63) is 70.2 Å². The normalized spacial score (nSPS) is 13.7. The second-order valence-corrected chi connectivity index (χ2v) is 6.57. The smallest absolute Gasteiger partial charge is 0.366 e. The van der Waals surface area contributed by atoms with Crippen LogP contribution in [-0.2, 0) is 12.7 Å². The second-order valence-electron chi connectivity index (χ2n) is 6.57. The van der Waals surface area contributed by atoms with Gasteiger partial charge in [0.25, 0.3) is 0 Å². The van der Waals surface area contributed by atoms with E-state index in [-0.39, 0.29) is 28.8 Å².